The van der Waals surface area contributed by atoms with E-state index in [-0.39, 0.29) is 0 Å². The van der Waals surface area contributed by atoms with Gasteiger partial charge in [-0.15, -0.1) is 11.3 Å². The van der Waals surface area contributed by atoms with Gasteiger partial charge >= 0.3 is 0 Å². The van der Waals surface area contributed by atoms with Crippen molar-refractivity contribution in [1.82, 2.24) is 5.32 Å². The van der Waals surface area contributed by atoms with Crippen molar-refractivity contribution in [3.63, 3.8) is 0 Å². The molecule has 0 spiro atoms. The number of ether oxygens (including phenoxy) is 1. The second-order valence-corrected chi connectivity index (χ2v) is 5.62. The molecule has 2 rings (SSSR count). The third-order valence-corrected chi connectivity index (χ3v) is 3.84. The highest BCUT2D eigenvalue weighted by Gasteiger charge is 2.02. The van der Waals surface area contributed by atoms with Gasteiger partial charge in [0.1, 0.15) is 0 Å². The van der Waals surface area contributed by atoms with Crippen molar-refractivity contribution in [3.8, 4) is 0 Å². The zero-order valence-electron chi connectivity index (χ0n) is 11.1. The minimum Gasteiger partial charge on any atom is -0.379 e. The predicted octanol–water partition coefficient (Wildman–Crippen LogP) is 3.81. The van der Waals surface area contributed by atoms with Crippen LogP contribution in [0.1, 0.15) is 25.8 Å². The Bertz CT molecular complexity index is 478. The summed E-state index contributed by atoms with van der Waals surface area (Å²) in [6, 6.07) is 8.58. The van der Waals surface area contributed by atoms with Gasteiger partial charge in [0.25, 0.3) is 0 Å². The monoisotopic (exact) mass is 263 g/mol. The summed E-state index contributed by atoms with van der Waals surface area (Å²) in [5.41, 5.74) is 1.40. The molecular weight excluding hydrogens is 242 g/mol. The van der Waals surface area contributed by atoms with Gasteiger partial charge in [-0.05, 0) is 49.2 Å². The van der Waals surface area contributed by atoms with E-state index in [1.807, 2.05) is 11.3 Å². The highest BCUT2D eigenvalue weighted by atomic mass is 32.1. The summed E-state index contributed by atoms with van der Waals surface area (Å²) in [6.45, 7) is 6.95. The average Bonchev–Trinajstić information content (AvgIpc) is 2.77. The van der Waals surface area contributed by atoms with Gasteiger partial charge in [-0.2, -0.15) is 0 Å². The van der Waals surface area contributed by atoms with Crippen molar-refractivity contribution in [2.75, 3.05) is 13.2 Å². The molecule has 0 atom stereocenters. The van der Waals surface area contributed by atoms with E-state index >= 15 is 0 Å². The molecule has 0 saturated carbocycles. The number of rotatable bonds is 7. The number of hydrogen-bond acceptors (Lipinski definition) is 3. The van der Waals surface area contributed by atoms with Crippen LogP contribution >= 0.6 is 11.3 Å². The Morgan fingerprint density at radius 1 is 1.28 bits per heavy atom. The molecule has 2 nitrogen and oxygen atoms in total. The molecule has 0 amide bonds. The molecule has 1 aromatic heterocycles. The lowest BCUT2D eigenvalue weighted by molar-refractivity contribution is 0.0770. The summed E-state index contributed by atoms with van der Waals surface area (Å²) in [7, 11) is 0. The van der Waals surface area contributed by atoms with Gasteiger partial charge in [0, 0.05) is 17.9 Å². The van der Waals surface area contributed by atoms with E-state index in [1.54, 1.807) is 0 Å². The van der Waals surface area contributed by atoms with Crippen LogP contribution in [0.3, 0.4) is 0 Å². The summed E-state index contributed by atoms with van der Waals surface area (Å²) >= 11 is 1.82. The molecule has 1 N–H and O–H groups in total. The maximum atomic E-state index is 5.51. The molecule has 2 aromatic rings. The Balaban J connectivity index is 1.74. The molecule has 1 heterocycles. The number of fused-ring (bicyclic) bond motifs is 1. The fourth-order valence-electron chi connectivity index (χ4n) is 1.91. The van der Waals surface area contributed by atoms with Gasteiger partial charge in [-0.25, -0.2) is 0 Å². The van der Waals surface area contributed by atoms with Crippen molar-refractivity contribution in [1.29, 1.82) is 0 Å². The van der Waals surface area contributed by atoms with E-state index in [0.29, 0.717) is 6.10 Å². The lowest BCUT2D eigenvalue weighted by Crippen LogP contribution is -2.17. The summed E-state index contributed by atoms with van der Waals surface area (Å²) < 4.78 is 6.88. The van der Waals surface area contributed by atoms with E-state index in [1.165, 1.54) is 15.6 Å². The first kappa shape index (κ1) is 13.5. The number of nitrogens with one attached hydrogen (secondary N) is 1. The van der Waals surface area contributed by atoms with Gasteiger partial charge < -0.3 is 10.1 Å². The number of benzene rings is 1. The first-order valence-corrected chi connectivity index (χ1v) is 7.43. The summed E-state index contributed by atoms with van der Waals surface area (Å²) in [6.07, 6.45) is 1.41. The van der Waals surface area contributed by atoms with Crippen LogP contribution in [0.15, 0.2) is 29.6 Å². The molecule has 0 aliphatic heterocycles. The van der Waals surface area contributed by atoms with Crippen LogP contribution < -0.4 is 5.32 Å². The molecule has 98 valence electrons. The molecule has 18 heavy (non-hydrogen) atoms. The van der Waals surface area contributed by atoms with Gasteiger partial charge in [-0.1, -0.05) is 18.2 Å². The van der Waals surface area contributed by atoms with Crippen LogP contribution in [0.2, 0.25) is 0 Å². The smallest absolute Gasteiger partial charge is 0.0518 e. The molecule has 0 radical (unpaired) electrons. The highest BCUT2D eigenvalue weighted by molar-refractivity contribution is 7.17. The summed E-state index contributed by atoms with van der Waals surface area (Å²) in [5, 5.41) is 7.12. The van der Waals surface area contributed by atoms with Gasteiger partial charge in [0.2, 0.25) is 0 Å². The van der Waals surface area contributed by atoms with Crippen molar-refractivity contribution in [2.45, 2.75) is 32.9 Å². The first-order valence-electron chi connectivity index (χ1n) is 6.55. The Labute approximate surface area is 113 Å². The van der Waals surface area contributed by atoms with Crippen molar-refractivity contribution in [3.05, 3.63) is 35.2 Å². The zero-order valence-corrected chi connectivity index (χ0v) is 11.9. The summed E-state index contributed by atoms with van der Waals surface area (Å²) in [4.78, 5) is 0. The van der Waals surface area contributed by atoms with E-state index in [9.17, 15) is 0 Å². The molecule has 0 unspecified atom stereocenters. The van der Waals surface area contributed by atoms with Crippen LogP contribution in [0.5, 0.6) is 0 Å². The molecule has 0 aliphatic carbocycles. The summed E-state index contributed by atoms with van der Waals surface area (Å²) in [5.74, 6) is 0. The van der Waals surface area contributed by atoms with Gasteiger partial charge in [-0.3, -0.25) is 0 Å². The van der Waals surface area contributed by atoms with E-state index < -0.39 is 0 Å². The fraction of sp³-hybridized carbons (Fsp3) is 0.467. The molecule has 0 saturated heterocycles. The van der Waals surface area contributed by atoms with Crippen molar-refractivity contribution in [2.24, 2.45) is 0 Å². The highest BCUT2D eigenvalue weighted by Crippen LogP contribution is 2.25. The van der Waals surface area contributed by atoms with E-state index in [2.05, 4.69) is 48.8 Å². The molecule has 1 aromatic carbocycles. The third-order valence-electron chi connectivity index (χ3n) is 2.83. The second kappa shape index (κ2) is 6.88. The Morgan fingerprint density at radius 2 is 2.11 bits per heavy atom. The standard InChI is InChI=1S/C15H21NOS/c1-12(2)17-9-5-8-16-10-13-11-18-15-7-4-3-6-14(13)15/h3-4,6-7,11-12,16H,5,8-10H2,1-2H3. The van der Waals surface area contributed by atoms with Crippen LogP contribution in [-0.2, 0) is 11.3 Å². The first-order chi connectivity index (χ1) is 8.77. The molecular formula is C15H21NOS. The lowest BCUT2D eigenvalue weighted by Gasteiger charge is -2.07. The van der Waals surface area contributed by atoms with Crippen molar-refractivity contribution >= 4 is 21.4 Å². The predicted molar refractivity (Wildman–Crippen MR) is 79.2 cm³/mol. The third kappa shape index (κ3) is 3.80. The minimum absolute atomic E-state index is 0.339. The molecule has 0 aliphatic rings. The lowest BCUT2D eigenvalue weighted by atomic mass is 10.2. The van der Waals surface area contributed by atoms with Crippen molar-refractivity contribution < 1.29 is 4.74 Å². The van der Waals surface area contributed by atoms with Crippen LogP contribution in [0.25, 0.3) is 10.1 Å². The van der Waals surface area contributed by atoms with E-state index in [4.69, 9.17) is 4.74 Å². The average molecular weight is 263 g/mol. The molecule has 3 heteroatoms. The van der Waals surface area contributed by atoms with E-state index in [0.717, 1.165) is 26.1 Å². The topological polar surface area (TPSA) is 21.3 Å². The van der Waals surface area contributed by atoms with Gasteiger partial charge in [0.05, 0.1) is 6.10 Å². The van der Waals surface area contributed by atoms with Crippen LogP contribution in [-0.4, -0.2) is 19.3 Å². The normalized spacial score (nSPS) is 11.5. The van der Waals surface area contributed by atoms with Gasteiger partial charge in [0.15, 0.2) is 0 Å². The largest absolute Gasteiger partial charge is 0.379 e. The molecule has 0 fully saturated rings. The maximum absolute atomic E-state index is 5.51. The Hall–Kier alpha value is -0.900. The number of hydrogen-bond donors (Lipinski definition) is 1. The van der Waals surface area contributed by atoms with Crippen LogP contribution in [0.4, 0.5) is 0 Å². The fourth-order valence-corrected chi connectivity index (χ4v) is 2.87. The number of thiophene rings is 1. The maximum Gasteiger partial charge on any atom is 0.0518 e. The molecule has 0 bridgehead atoms. The quantitative estimate of drug-likeness (QED) is 0.767. The zero-order chi connectivity index (χ0) is 12.8. The minimum atomic E-state index is 0.339. The Morgan fingerprint density at radius 3 is 2.94 bits per heavy atom. The van der Waals surface area contributed by atoms with Crippen LogP contribution in [0, 0.1) is 0 Å². The Kier molecular flexibility index (Phi) is 5.17. The second-order valence-electron chi connectivity index (χ2n) is 4.71. The SMILES string of the molecule is CC(C)OCCCNCc1csc2ccccc12.